The molecule has 92 valence electrons. The maximum Gasteiger partial charge on any atom is 0.185 e. The van der Waals surface area contributed by atoms with Gasteiger partial charge < -0.3 is 4.90 Å². The van der Waals surface area contributed by atoms with Crippen LogP contribution in [-0.4, -0.2) is 24.4 Å². The Balaban J connectivity index is 1.76. The molecule has 0 radical (unpaired) electrons. The zero-order valence-corrected chi connectivity index (χ0v) is 11.2. The lowest BCUT2D eigenvalue weighted by Gasteiger charge is -2.14. The van der Waals surface area contributed by atoms with Gasteiger partial charge in [0, 0.05) is 24.9 Å². The SMILES string of the molecule is CC1CC1CN(C)c1nc2c(s1)CCCC2=O. The summed E-state index contributed by atoms with van der Waals surface area (Å²) < 4.78 is 0. The van der Waals surface area contributed by atoms with Crippen LogP contribution in [0, 0.1) is 11.8 Å². The number of aryl methyl sites for hydroxylation is 1. The summed E-state index contributed by atoms with van der Waals surface area (Å²) >= 11 is 1.71. The number of aromatic nitrogens is 1. The second-order valence-corrected chi connectivity index (χ2v) is 6.46. The lowest BCUT2D eigenvalue weighted by atomic mass is 10.0. The quantitative estimate of drug-likeness (QED) is 0.827. The van der Waals surface area contributed by atoms with Gasteiger partial charge in [-0.15, -0.1) is 11.3 Å². The van der Waals surface area contributed by atoms with Crippen molar-refractivity contribution >= 4 is 22.3 Å². The average Bonchev–Trinajstić information content (AvgIpc) is 2.81. The van der Waals surface area contributed by atoms with E-state index in [4.69, 9.17) is 0 Å². The molecule has 0 N–H and O–H groups in total. The monoisotopic (exact) mass is 250 g/mol. The number of rotatable bonds is 3. The predicted octanol–water partition coefficient (Wildman–Crippen LogP) is 2.75. The summed E-state index contributed by atoms with van der Waals surface area (Å²) in [5.74, 6) is 1.94. The van der Waals surface area contributed by atoms with Crippen molar-refractivity contribution in [2.24, 2.45) is 11.8 Å². The number of hydrogen-bond donors (Lipinski definition) is 0. The first-order chi connectivity index (χ1) is 8.15. The summed E-state index contributed by atoms with van der Waals surface area (Å²) in [5.41, 5.74) is 0.756. The Morgan fingerprint density at radius 3 is 2.88 bits per heavy atom. The van der Waals surface area contributed by atoms with E-state index in [1.165, 1.54) is 11.3 Å². The second-order valence-electron chi connectivity index (χ2n) is 5.40. The Hall–Kier alpha value is -0.900. The van der Waals surface area contributed by atoms with Gasteiger partial charge in [0.1, 0.15) is 5.69 Å². The third kappa shape index (κ3) is 2.10. The normalized spacial score (nSPS) is 26.8. The van der Waals surface area contributed by atoms with E-state index in [9.17, 15) is 4.79 Å². The highest BCUT2D eigenvalue weighted by molar-refractivity contribution is 7.16. The Kier molecular flexibility index (Phi) is 2.69. The molecule has 3 nitrogen and oxygen atoms in total. The van der Waals surface area contributed by atoms with E-state index in [0.29, 0.717) is 6.42 Å². The molecule has 0 spiro atoms. The van der Waals surface area contributed by atoms with Crippen molar-refractivity contribution in [1.29, 1.82) is 0 Å². The van der Waals surface area contributed by atoms with Crippen molar-refractivity contribution in [2.75, 3.05) is 18.5 Å². The van der Waals surface area contributed by atoms with Crippen LogP contribution in [0.5, 0.6) is 0 Å². The van der Waals surface area contributed by atoms with Crippen LogP contribution in [0.1, 0.15) is 41.6 Å². The Labute approximate surface area is 106 Å². The standard InChI is InChI=1S/C13H18N2OS/c1-8-6-9(8)7-15(2)13-14-12-10(16)4-3-5-11(12)17-13/h8-9H,3-7H2,1-2H3. The molecule has 0 saturated heterocycles. The van der Waals surface area contributed by atoms with Crippen LogP contribution < -0.4 is 4.90 Å². The van der Waals surface area contributed by atoms with Gasteiger partial charge in [-0.2, -0.15) is 0 Å². The van der Waals surface area contributed by atoms with Crippen molar-refractivity contribution in [3.05, 3.63) is 10.6 Å². The summed E-state index contributed by atoms with van der Waals surface area (Å²) in [6.07, 6.45) is 4.05. The lowest BCUT2D eigenvalue weighted by molar-refractivity contribution is 0.0968. The van der Waals surface area contributed by atoms with Gasteiger partial charge in [-0.25, -0.2) is 4.98 Å². The Morgan fingerprint density at radius 1 is 1.47 bits per heavy atom. The van der Waals surface area contributed by atoms with Gasteiger partial charge in [-0.05, 0) is 31.1 Å². The Morgan fingerprint density at radius 2 is 2.24 bits per heavy atom. The number of thiazole rings is 1. The first-order valence-corrected chi connectivity index (χ1v) is 7.21. The van der Waals surface area contributed by atoms with E-state index < -0.39 is 0 Å². The molecule has 1 heterocycles. The molecule has 1 aromatic heterocycles. The summed E-state index contributed by atoms with van der Waals surface area (Å²) in [6, 6.07) is 0. The van der Waals surface area contributed by atoms with Gasteiger partial charge in [-0.3, -0.25) is 4.79 Å². The summed E-state index contributed by atoms with van der Waals surface area (Å²) in [5, 5.41) is 1.03. The highest BCUT2D eigenvalue weighted by Gasteiger charge is 2.34. The first-order valence-electron chi connectivity index (χ1n) is 6.39. The number of carbonyl (C=O) groups excluding carboxylic acids is 1. The number of nitrogens with zero attached hydrogens (tertiary/aromatic N) is 2. The van der Waals surface area contributed by atoms with Crippen molar-refractivity contribution in [1.82, 2.24) is 4.98 Å². The van der Waals surface area contributed by atoms with Crippen LogP contribution in [0.15, 0.2) is 0 Å². The molecule has 17 heavy (non-hydrogen) atoms. The molecular formula is C13H18N2OS. The zero-order valence-electron chi connectivity index (χ0n) is 10.4. The molecule has 1 fully saturated rings. The minimum absolute atomic E-state index is 0.238. The van der Waals surface area contributed by atoms with E-state index in [-0.39, 0.29) is 5.78 Å². The van der Waals surface area contributed by atoms with Gasteiger partial charge in [0.05, 0.1) is 0 Å². The average molecular weight is 250 g/mol. The van der Waals surface area contributed by atoms with E-state index in [1.54, 1.807) is 11.3 Å². The number of fused-ring (bicyclic) bond motifs is 1. The molecule has 1 saturated carbocycles. The molecule has 2 atom stereocenters. The van der Waals surface area contributed by atoms with Crippen molar-refractivity contribution in [3.63, 3.8) is 0 Å². The van der Waals surface area contributed by atoms with E-state index >= 15 is 0 Å². The largest absolute Gasteiger partial charge is 0.351 e. The number of hydrogen-bond acceptors (Lipinski definition) is 4. The van der Waals surface area contributed by atoms with Gasteiger partial charge >= 0.3 is 0 Å². The fraction of sp³-hybridized carbons (Fsp3) is 0.692. The van der Waals surface area contributed by atoms with Crippen molar-refractivity contribution in [2.45, 2.75) is 32.6 Å². The van der Waals surface area contributed by atoms with Crippen LogP contribution in [0.4, 0.5) is 5.13 Å². The van der Waals surface area contributed by atoms with Crippen LogP contribution in [0.3, 0.4) is 0 Å². The third-order valence-electron chi connectivity index (χ3n) is 3.87. The van der Waals surface area contributed by atoms with Gasteiger partial charge in [-0.1, -0.05) is 6.92 Å². The fourth-order valence-electron chi connectivity index (χ4n) is 2.50. The van der Waals surface area contributed by atoms with Gasteiger partial charge in [0.2, 0.25) is 0 Å². The van der Waals surface area contributed by atoms with Crippen LogP contribution >= 0.6 is 11.3 Å². The number of anilines is 1. The minimum atomic E-state index is 0.238. The molecular weight excluding hydrogens is 232 g/mol. The third-order valence-corrected chi connectivity index (χ3v) is 5.10. The highest BCUT2D eigenvalue weighted by Crippen LogP contribution is 2.39. The molecule has 2 aliphatic carbocycles. The molecule has 3 rings (SSSR count). The van der Waals surface area contributed by atoms with E-state index in [1.807, 2.05) is 0 Å². The Bertz CT molecular complexity index is 454. The smallest absolute Gasteiger partial charge is 0.185 e. The van der Waals surface area contributed by atoms with Gasteiger partial charge in [0.15, 0.2) is 10.9 Å². The molecule has 2 unspecified atom stereocenters. The van der Waals surface area contributed by atoms with Crippen LogP contribution in [-0.2, 0) is 6.42 Å². The highest BCUT2D eigenvalue weighted by atomic mass is 32.1. The topological polar surface area (TPSA) is 33.2 Å². The molecule has 4 heteroatoms. The second kappa shape index (κ2) is 4.09. The van der Waals surface area contributed by atoms with E-state index in [0.717, 1.165) is 42.0 Å². The molecule has 0 aliphatic heterocycles. The molecule has 0 amide bonds. The number of Topliss-reactive ketones (excluding diaryl/α,β-unsaturated/α-hetero) is 1. The zero-order chi connectivity index (χ0) is 12.0. The summed E-state index contributed by atoms with van der Waals surface area (Å²) in [4.78, 5) is 19.7. The lowest BCUT2D eigenvalue weighted by Crippen LogP contribution is -2.20. The van der Waals surface area contributed by atoms with Gasteiger partial charge in [0.25, 0.3) is 0 Å². The molecule has 2 aliphatic rings. The maximum absolute atomic E-state index is 11.7. The van der Waals surface area contributed by atoms with Crippen LogP contribution in [0.25, 0.3) is 0 Å². The summed E-state index contributed by atoms with van der Waals surface area (Å²) in [7, 11) is 2.10. The van der Waals surface area contributed by atoms with Crippen LogP contribution in [0.2, 0.25) is 0 Å². The van der Waals surface area contributed by atoms with E-state index in [2.05, 4.69) is 23.9 Å². The van der Waals surface area contributed by atoms with Crippen molar-refractivity contribution in [3.8, 4) is 0 Å². The molecule has 1 aromatic rings. The summed E-state index contributed by atoms with van der Waals surface area (Å²) in [6.45, 7) is 3.39. The number of ketones is 1. The minimum Gasteiger partial charge on any atom is -0.351 e. The number of carbonyl (C=O) groups is 1. The molecule has 0 aromatic carbocycles. The fourth-order valence-corrected chi connectivity index (χ4v) is 3.59. The maximum atomic E-state index is 11.7. The first kappa shape index (κ1) is 11.2. The van der Waals surface area contributed by atoms with Crippen molar-refractivity contribution < 1.29 is 4.79 Å². The predicted molar refractivity (Wildman–Crippen MR) is 69.9 cm³/mol. The molecule has 0 bridgehead atoms.